The van der Waals surface area contributed by atoms with Crippen LogP contribution in [0.3, 0.4) is 0 Å². The van der Waals surface area contributed by atoms with Gasteiger partial charge in [-0.05, 0) is 6.92 Å². The molecule has 1 aliphatic rings. The Morgan fingerprint density at radius 1 is 1.50 bits per heavy atom. The van der Waals surface area contributed by atoms with Crippen LogP contribution in [0.5, 0.6) is 0 Å². The molecule has 0 bridgehead atoms. The molecule has 1 atom stereocenters. The molecule has 6 nitrogen and oxygen atoms in total. The Morgan fingerprint density at radius 2 is 2.20 bits per heavy atom. The summed E-state index contributed by atoms with van der Waals surface area (Å²) in [5.41, 5.74) is 0.488. The van der Waals surface area contributed by atoms with Crippen LogP contribution in [-0.4, -0.2) is 41.4 Å². The van der Waals surface area contributed by atoms with E-state index in [1.54, 1.807) is 23.1 Å². The standard InChI is InChI=1S/C13H17N3O3.ClH/c1-10-9-14-6-7-15(10)13(17)8-11-4-2-3-5-12(11)16(18)19;/h2-5,10,14H,6-9H2,1H3;1H. The Morgan fingerprint density at radius 3 is 2.85 bits per heavy atom. The molecular formula is C13H18ClN3O3. The fourth-order valence-electron chi connectivity index (χ4n) is 2.31. The average Bonchev–Trinajstić information content (AvgIpc) is 2.39. The van der Waals surface area contributed by atoms with E-state index in [0.29, 0.717) is 12.1 Å². The minimum absolute atomic E-state index is 0. The summed E-state index contributed by atoms with van der Waals surface area (Å²) in [6, 6.07) is 6.53. The minimum atomic E-state index is -0.441. The van der Waals surface area contributed by atoms with E-state index >= 15 is 0 Å². The zero-order valence-corrected chi connectivity index (χ0v) is 12.1. The molecule has 0 aromatic heterocycles. The zero-order valence-electron chi connectivity index (χ0n) is 11.2. The molecule has 110 valence electrons. The van der Waals surface area contributed by atoms with Crippen LogP contribution in [0, 0.1) is 10.1 Å². The SMILES string of the molecule is CC1CNCCN1C(=O)Cc1ccccc1[N+](=O)[O-].Cl. The highest BCUT2D eigenvalue weighted by atomic mass is 35.5. The van der Waals surface area contributed by atoms with Gasteiger partial charge in [0.05, 0.1) is 11.3 Å². The zero-order chi connectivity index (χ0) is 13.8. The van der Waals surface area contributed by atoms with Crippen molar-refractivity contribution in [3.63, 3.8) is 0 Å². The second-order valence-electron chi connectivity index (χ2n) is 4.70. The van der Waals surface area contributed by atoms with Crippen LogP contribution in [0.2, 0.25) is 0 Å². The number of carbonyl (C=O) groups excluding carboxylic acids is 1. The van der Waals surface area contributed by atoms with Crippen molar-refractivity contribution in [1.82, 2.24) is 10.2 Å². The maximum Gasteiger partial charge on any atom is 0.273 e. The molecule has 1 aliphatic heterocycles. The summed E-state index contributed by atoms with van der Waals surface area (Å²) >= 11 is 0. The molecule has 20 heavy (non-hydrogen) atoms. The molecule has 0 aliphatic carbocycles. The number of nitro groups is 1. The van der Waals surface area contributed by atoms with Crippen LogP contribution >= 0.6 is 12.4 Å². The van der Waals surface area contributed by atoms with E-state index in [0.717, 1.165) is 13.1 Å². The van der Waals surface area contributed by atoms with Crippen LogP contribution in [-0.2, 0) is 11.2 Å². The number of nitrogens with zero attached hydrogens (tertiary/aromatic N) is 2. The number of para-hydroxylation sites is 1. The Balaban J connectivity index is 0.00000200. The smallest absolute Gasteiger partial charge is 0.273 e. The molecule has 1 aromatic carbocycles. The maximum absolute atomic E-state index is 12.2. The third kappa shape index (κ3) is 3.68. The fourth-order valence-corrected chi connectivity index (χ4v) is 2.31. The van der Waals surface area contributed by atoms with Gasteiger partial charge in [-0.2, -0.15) is 0 Å². The molecule has 0 spiro atoms. The summed E-state index contributed by atoms with van der Waals surface area (Å²) in [5.74, 6) is -0.0525. The molecule has 1 amide bonds. The molecule has 1 N–H and O–H groups in total. The van der Waals surface area contributed by atoms with Gasteiger partial charge >= 0.3 is 0 Å². The van der Waals surface area contributed by atoms with Gasteiger partial charge in [-0.15, -0.1) is 12.4 Å². The normalized spacial score (nSPS) is 18.2. The number of hydrogen-bond donors (Lipinski definition) is 1. The van der Waals surface area contributed by atoms with Gasteiger partial charge in [0.25, 0.3) is 5.69 Å². The largest absolute Gasteiger partial charge is 0.337 e. The molecule has 0 radical (unpaired) electrons. The van der Waals surface area contributed by atoms with Crippen LogP contribution < -0.4 is 5.32 Å². The Bertz CT molecular complexity index is 496. The lowest BCUT2D eigenvalue weighted by Crippen LogP contribution is -2.52. The van der Waals surface area contributed by atoms with Crippen LogP contribution in [0.15, 0.2) is 24.3 Å². The number of hydrogen-bond acceptors (Lipinski definition) is 4. The first-order valence-corrected chi connectivity index (χ1v) is 6.32. The molecule has 1 saturated heterocycles. The van der Waals surface area contributed by atoms with E-state index in [1.807, 2.05) is 6.92 Å². The number of nitrogens with one attached hydrogen (secondary N) is 1. The predicted octanol–water partition coefficient (Wildman–Crippen LogP) is 1.38. The van der Waals surface area contributed by atoms with E-state index in [4.69, 9.17) is 0 Å². The molecule has 2 rings (SSSR count). The van der Waals surface area contributed by atoms with Crippen molar-refractivity contribution >= 4 is 24.0 Å². The molecule has 0 saturated carbocycles. The third-order valence-electron chi connectivity index (χ3n) is 3.35. The topological polar surface area (TPSA) is 75.5 Å². The highest BCUT2D eigenvalue weighted by Gasteiger charge is 2.25. The lowest BCUT2D eigenvalue weighted by molar-refractivity contribution is -0.385. The highest BCUT2D eigenvalue weighted by Crippen LogP contribution is 2.19. The number of benzene rings is 1. The summed E-state index contributed by atoms with van der Waals surface area (Å²) in [6.07, 6.45) is 0.0848. The predicted molar refractivity (Wildman–Crippen MR) is 78.1 cm³/mol. The van der Waals surface area contributed by atoms with Crippen molar-refractivity contribution in [3.8, 4) is 0 Å². The average molecular weight is 300 g/mol. The van der Waals surface area contributed by atoms with Gasteiger partial charge in [0.15, 0.2) is 0 Å². The maximum atomic E-state index is 12.2. The Labute approximate surface area is 123 Å². The van der Waals surface area contributed by atoms with Crippen molar-refractivity contribution in [2.24, 2.45) is 0 Å². The van der Waals surface area contributed by atoms with E-state index in [2.05, 4.69) is 5.32 Å². The fraction of sp³-hybridized carbons (Fsp3) is 0.462. The first kappa shape index (κ1) is 16.4. The van der Waals surface area contributed by atoms with Gasteiger partial charge in [0.1, 0.15) is 0 Å². The van der Waals surface area contributed by atoms with E-state index in [9.17, 15) is 14.9 Å². The van der Waals surface area contributed by atoms with E-state index < -0.39 is 4.92 Å². The van der Waals surface area contributed by atoms with Crippen LogP contribution in [0.4, 0.5) is 5.69 Å². The van der Waals surface area contributed by atoms with Crippen molar-refractivity contribution in [2.45, 2.75) is 19.4 Å². The van der Waals surface area contributed by atoms with E-state index in [1.165, 1.54) is 6.07 Å². The summed E-state index contributed by atoms with van der Waals surface area (Å²) in [6.45, 7) is 4.17. The molecule has 1 heterocycles. The van der Waals surface area contributed by atoms with E-state index in [-0.39, 0.29) is 36.5 Å². The number of piperazine rings is 1. The van der Waals surface area contributed by atoms with Gasteiger partial charge in [0, 0.05) is 37.3 Å². The quantitative estimate of drug-likeness (QED) is 0.676. The summed E-state index contributed by atoms with van der Waals surface area (Å²) in [5, 5.41) is 14.1. The first-order valence-electron chi connectivity index (χ1n) is 6.32. The number of rotatable bonds is 3. The number of nitro benzene ring substituents is 1. The van der Waals surface area contributed by atoms with Gasteiger partial charge in [-0.3, -0.25) is 14.9 Å². The second kappa shape index (κ2) is 7.21. The molecule has 7 heteroatoms. The molecular weight excluding hydrogens is 282 g/mol. The number of amides is 1. The van der Waals surface area contributed by atoms with Gasteiger partial charge in [-0.1, -0.05) is 18.2 Å². The number of halogens is 1. The van der Waals surface area contributed by atoms with Crippen LogP contribution in [0.25, 0.3) is 0 Å². The second-order valence-corrected chi connectivity index (χ2v) is 4.70. The monoisotopic (exact) mass is 299 g/mol. The lowest BCUT2D eigenvalue weighted by atomic mass is 10.1. The lowest BCUT2D eigenvalue weighted by Gasteiger charge is -2.34. The van der Waals surface area contributed by atoms with Gasteiger partial charge < -0.3 is 10.2 Å². The van der Waals surface area contributed by atoms with Crippen molar-refractivity contribution in [1.29, 1.82) is 0 Å². The van der Waals surface area contributed by atoms with Crippen molar-refractivity contribution < 1.29 is 9.72 Å². The van der Waals surface area contributed by atoms with Gasteiger partial charge in [-0.25, -0.2) is 0 Å². The molecule has 1 unspecified atom stereocenters. The summed E-state index contributed by atoms with van der Waals surface area (Å²) < 4.78 is 0. The molecule has 1 aromatic rings. The Kier molecular flexibility index (Phi) is 5.91. The Hall–Kier alpha value is -1.66. The molecule has 1 fully saturated rings. The number of carbonyl (C=O) groups is 1. The van der Waals surface area contributed by atoms with Gasteiger partial charge in [0.2, 0.25) is 5.91 Å². The summed E-state index contributed by atoms with van der Waals surface area (Å²) in [7, 11) is 0. The minimum Gasteiger partial charge on any atom is -0.337 e. The summed E-state index contributed by atoms with van der Waals surface area (Å²) in [4.78, 5) is 24.5. The first-order chi connectivity index (χ1) is 9.09. The highest BCUT2D eigenvalue weighted by molar-refractivity contribution is 5.85. The van der Waals surface area contributed by atoms with Crippen molar-refractivity contribution in [3.05, 3.63) is 39.9 Å². The van der Waals surface area contributed by atoms with Crippen molar-refractivity contribution in [2.75, 3.05) is 19.6 Å². The van der Waals surface area contributed by atoms with Crippen LogP contribution in [0.1, 0.15) is 12.5 Å². The third-order valence-corrected chi connectivity index (χ3v) is 3.35.